The zero-order chi connectivity index (χ0) is 46.1. The monoisotopic (exact) mass is 890 g/mol. The summed E-state index contributed by atoms with van der Waals surface area (Å²) in [5, 5.41) is 5.13. The molecule has 2 aliphatic rings. The molecule has 2 heterocycles. The lowest BCUT2D eigenvalue weighted by molar-refractivity contribution is 1.18. The van der Waals surface area contributed by atoms with Crippen LogP contribution in [0.5, 0.6) is 0 Å². The number of pyridine rings is 2. The van der Waals surface area contributed by atoms with Gasteiger partial charge in [0.1, 0.15) is 5.82 Å². The van der Waals surface area contributed by atoms with E-state index in [0.717, 1.165) is 50.9 Å². The summed E-state index contributed by atoms with van der Waals surface area (Å²) in [7, 11) is 0. The first-order valence-corrected chi connectivity index (χ1v) is 23.9. The van der Waals surface area contributed by atoms with Crippen molar-refractivity contribution in [3.05, 3.63) is 255 Å². The fraction of sp³-hybridized carbons (Fsp3) is 0. The van der Waals surface area contributed by atoms with Crippen molar-refractivity contribution in [3.63, 3.8) is 0 Å². The number of nitrogens with zero attached hydrogens (tertiary/aromatic N) is 4. The highest BCUT2D eigenvalue weighted by Crippen LogP contribution is 2.52. The topological polar surface area (TPSA) is 32.3 Å². The average Bonchev–Trinajstić information content (AvgIpc) is 3.94. The van der Waals surface area contributed by atoms with Gasteiger partial charge >= 0.3 is 0 Å². The van der Waals surface area contributed by atoms with Gasteiger partial charge in [-0.25, -0.2) is 4.98 Å². The molecule has 4 nitrogen and oxygen atoms in total. The van der Waals surface area contributed by atoms with Crippen LogP contribution in [-0.2, 0) is 0 Å². The second-order valence-corrected chi connectivity index (χ2v) is 18.1. The van der Waals surface area contributed by atoms with Crippen LogP contribution >= 0.6 is 0 Å². The molecule has 0 saturated carbocycles. The molecule has 4 heteroatoms. The van der Waals surface area contributed by atoms with Gasteiger partial charge in [-0.15, -0.1) is 0 Å². The van der Waals surface area contributed by atoms with Crippen LogP contribution in [0.3, 0.4) is 0 Å². The van der Waals surface area contributed by atoms with E-state index in [4.69, 9.17) is 4.98 Å². The highest BCUT2D eigenvalue weighted by molar-refractivity contribution is 6.20. The Morgan fingerprint density at radius 3 is 1.33 bits per heavy atom. The fourth-order valence-corrected chi connectivity index (χ4v) is 11.2. The van der Waals surface area contributed by atoms with Gasteiger partial charge in [0.05, 0.1) is 11.9 Å². The van der Waals surface area contributed by atoms with E-state index in [9.17, 15) is 0 Å². The summed E-state index contributed by atoms with van der Waals surface area (Å²) < 4.78 is 0. The second kappa shape index (κ2) is 16.2. The molecule has 0 bridgehead atoms. The van der Waals surface area contributed by atoms with Gasteiger partial charge in [-0.3, -0.25) is 9.88 Å². The van der Waals surface area contributed by atoms with E-state index >= 15 is 0 Å². The number of rotatable bonds is 9. The Morgan fingerprint density at radius 2 is 0.729 bits per heavy atom. The number of para-hydroxylation sites is 2. The normalized spacial score (nSPS) is 11.7. The Labute approximate surface area is 406 Å². The Bertz CT molecular complexity index is 3930. The third kappa shape index (κ3) is 6.38. The molecule has 0 radical (unpaired) electrons. The molecule has 0 aliphatic heterocycles. The van der Waals surface area contributed by atoms with Gasteiger partial charge < -0.3 is 4.90 Å². The first-order valence-electron chi connectivity index (χ1n) is 23.9. The molecule has 2 aliphatic carbocycles. The first-order chi connectivity index (χ1) is 34.7. The van der Waals surface area contributed by atoms with Crippen LogP contribution in [0.2, 0.25) is 0 Å². The van der Waals surface area contributed by atoms with Crippen LogP contribution in [0.25, 0.3) is 99.4 Å². The average molecular weight is 891 g/mol. The van der Waals surface area contributed by atoms with Crippen molar-refractivity contribution in [2.75, 3.05) is 9.80 Å². The summed E-state index contributed by atoms with van der Waals surface area (Å²) in [6.07, 6.45) is 5.76. The van der Waals surface area contributed by atoms with Gasteiger partial charge in [0, 0.05) is 40.7 Å². The minimum Gasteiger partial charge on any atom is -0.309 e. The Hall–Kier alpha value is -9.38. The molecule has 2 aromatic heterocycles. The van der Waals surface area contributed by atoms with Crippen LogP contribution in [0, 0.1) is 0 Å². The van der Waals surface area contributed by atoms with E-state index in [1.54, 1.807) is 0 Å². The summed E-state index contributed by atoms with van der Waals surface area (Å²) in [6, 6.07) is 85.6. The third-order valence-corrected chi connectivity index (χ3v) is 14.3. The zero-order valence-corrected chi connectivity index (χ0v) is 38.0. The lowest BCUT2D eigenvalue weighted by Gasteiger charge is -2.25. The van der Waals surface area contributed by atoms with Crippen molar-refractivity contribution in [3.8, 4) is 77.9 Å². The van der Waals surface area contributed by atoms with Crippen molar-refractivity contribution in [1.29, 1.82) is 0 Å². The van der Waals surface area contributed by atoms with E-state index in [-0.39, 0.29) is 0 Å². The van der Waals surface area contributed by atoms with Crippen molar-refractivity contribution >= 4 is 55.8 Å². The minimum atomic E-state index is 0.852. The number of hydrogen-bond acceptors (Lipinski definition) is 4. The lowest BCUT2D eigenvalue weighted by atomic mass is 9.94. The van der Waals surface area contributed by atoms with E-state index in [1.807, 2.05) is 24.7 Å². The molecule has 0 spiro atoms. The molecule has 0 unspecified atom stereocenters. The van der Waals surface area contributed by atoms with Gasteiger partial charge in [0.2, 0.25) is 0 Å². The molecule has 70 heavy (non-hydrogen) atoms. The maximum atomic E-state index is 5.21. The van der Waals surface area contributed by atoms with E-state index in [2.05, 4.69) is 245 Å². The summed E-state index contributed by atoms with van der Waals surface area (Å²) in [6.45, 7) is 0. The van der Waals surface area contributed by atoms with E-state index in [1.165, 1.54) is 82.7 Å². The summed E-state index contributed by atoms with van der Waals surface area (Å²) in [5.74, 6) is 0.852. The van der Waals surface area contributed by atoms with Crippen molar-refractivity contribution in [2.24, 2.45) is 0 Å². The highest BCUT2D eigenvalue weighted by Gasteiger charge is 2.26. The van der Waals surface area contributed by atoms with Crippen molar-refractivity contribution in [1.82, 2.24) is 9.97 Å². The van der Waals surface area contributed by atoms with Crippen molar-refractivity contribution < 1.29 is 0 Å². The quantitative estimate of drug-likeness (QED) is 0.145. The molecule has 0 N–H and O–H groups in total. The van der Waals surface area contributed by atoms with Gasteiger partial charge in [-0.2, -0.15) is 0 Å². The summed E-state index contributed by atoms with van der Waals surface area (Å²) in [4.78, 5) is 14.2. The molecular weight excluding hydrogens is 849 g/mol. The van der Waals surface area contributed by atoms with Crippen molar-refractivity contribution in [2.45, 2.75) is 0 Å². The predicted molar refractivity (Wildman–Crippen MR) is 292 cm³/mol. The summed E-state index contributed by atoms with van der Waals surface area (Å²) >= 11 is 0. The largest absolute Gasteiger partial charge is 0.309 e. The van der Waals surface area contributed by atoms with Crippen LogP contribution in [0.1, 0.15) is 0 Å². The molecule has 0 atom stereocenters. The maximum absolute atomic E-state index is 5.21. The van der Waals surface area contributed by atoms with E-state index < -0.39 is 0 Å². The third-order valence-electron chi connectivity index (χ3n) is 14.3. The van der Waals surface area contributed by atoms with Gasteiger partial charge in [-0.1, -0.05) is 158 Å². The molecule has 12 aromatic rings. The smallest absolute Gasteiger partial charge is 0.137 e. The van der Waals surface area contributed by atoms with Crippen LogP contribution < -0.4 is 9.80 Å². The molecule has 0 saturated heterocycles. The van der Waals surface area contributed by atoms with Crippen LogP contribution in [-0.4, -0.2) is 9.97 Å². The number of anilines is 6. The maximum Gasteiger partial charge on any atom is 0.137 e. The molecular formula is C66H42N4. The molecule has 0 amide bonds. The van der Waals surface area contributed by atoms with Gasteiger partial charge in [-0.05, 0) is 173 Å². The van der Waals surface area contributed by atoms with Gasteiger partial charge in [0.25, 0.3) is 0 Å². The number of benzene rings is 10. The molecule has 0 fully saturated rings. The zero-order valence-electron chi connectivity index (χ0n) is 38.0. The Kier molecular flexibility index (Phi) is 9.17. The fourth-order valence-electron chi connectivity index (χ4n) is 11.2. The Balaban J connectivity index is 0.801. The molecule has 14 rings (SSSR count). The SMILES string of the molecule is c1ccc(N(c2cccnc2)c2cccc(-c3ccc4c5c(cccc35)-c3cc(-c5ccc(N(c6ccccc6)c6cccc(-c7ccc8c9c(cccc79)-c7ccccc7-8)c6)nc5)ccc3-4)c2)cc1. The molecule has 10 aromatic carbocycles. The number of aromatic nitrogens is 2. The van der Waals surface area contributed by atoms with E-state index in [0.29, 0.717) is 0 Å². The number of fused-ring (bicyclic) bond motifs is 6. The first kappa shape index (κ1) is 39.8. The minimum absolute atomic E-state index is 0.852. The lowest BCUT2D eigenvalue weighted by Crippen LogP contribution is -2.11. The standard InChI is InChI=1S/C66H42N4/c1-3-16-47(17-4-1)69(51-22-13-37-67-42-51)49-20-9-14-44(38-49)52-33-35-62-56-31-29-43(40-63(56)60-28-12-26-58(52)66(60)62)46-30-36-64(68-41-46)70(48-18-5-2-6-19-48)50-21-10-15-45(39-50)53-32-34-61-55-24-8-7-23-54(55)59-27-11-25-57(53)65(59)61/h1-42H. The summed E-state index contributed by atoms with van der Waals surface area (Å²) in [5.41, 5.74) is 22.5. The Morgan fingerprint density at radius 1 is 0.257 bits per heavy atom. The number of hydrogen-bond donors (Lipinski definition) is 0. The second-order valence-electron chi connectivity index (χ2n) is 18.1. The predicted octanol–water partition coefficient (Wildman–Crippen LogP) is 18.0. The molecule has 326 valence electrons. The highest BCUT2D eigenvalue weighted by atomic mass is 15.2. The van der Waals surface area contributed by atoms with Crippen LogP contribution in [0.4, 0.5) is 34.3 Å². The van der Waals surface area contributed by atoms with Gasteiger partial charge in [0.15, 0.2) is 0 Å². The van der Waals surface area contributed by atoms with Crippen LogP contribution in [0.15, 0.2) is 255 Å².